The Hall–Kier alpha value is -3.07. The van der Waals surface area contributed by atoms with Crippen molar-refractivity contribution in [2.24, 2.45) is 0 Å². The first-order valence-corrected chi connectivity index (χ1v) is 13.5. The van der Waals surface area contributed by atoms with E-state index in [1.54, 1.807) is 28.4 Å². The number of carbonyl (C=O) groups is 2. The van der Waals surface area contributed by atoms with Crippen LogP contribution in [0.1, 0.15) is 20.9 Å². The van der Waals surface area contributed by atoms with Crippen LogP contribution in [0.25, 0.3) is 0 Å². The van der Waals surface area contributed by atoms with Crippen LogP contribution < -0.4 is 0 Å². The summed E-state index contributed by atoms with van der Waals surface area (Å²) in [5.74, 6) is -0.569. The topological polar surface area (TPSA) is 53.1 Å². The van der Waals surface area contributed by atoms with Gasteiger partial charge < -0.3 is 14.5 Å². The number of aryl methyl sites for hydroxylation is 1. The first kappa shape index (κ1) is 27.0. The van der Waals surface area contributed by atoms with Crippen molar-refractivity contribution in [3.63, 3.8) is 0 Å². The molecule has 1 fully saturated rings. The summed E-state index contributed by atoms with van der Waals surface area (Å²) in [6, 6.07) is 20.0. The van der Waals surface area contributed by atoms with Crippen LogP contribution in [0.15, 0.2) is 66.7 Å². The molecule has 2 heterocycles. The van der Waals surface area contributed by atoms with Crippen molar-refractivity contribution >= 4 is 23.2 Å². The minimum Gasteiger partial charge on any atom is -0.379 e. The summed E-state index contributed by atoms with van der Waals surface area (Å²) in [6.07, 6.45) is 0.124. The second kappa shape index (κ2) is 13.5. The molecule has 0 radical (unpaired) electrons. The summed E-state index contributed by atoms with van der Waals surface area (Å²) in [6.45, 7) is 7.12. The lowest BCUT2D eigenvalue weighted by Crippen LogP contribution is -2.47. The van der Waals surface area contributed by atoms with Crippen molar-refractivity contribution in [1.29, 1.82) is 0 Å². The molecule has 196 valence electrons. The van der Waals surface area contributed by atoms with Gasteiger partial charge in [-0.1, -0.05) is 42.5 Å². The largest absolute Gasteiger partial charge is 0.379 e. The highest BCUT2D eigenvalue weighted by Crippen LogP contribution is 2.19. The molecular weight excluding hydrogens is 489 g/mol. The summed E-state index contributed by atoms with van der Waals surface area (Å²) in [4.78, 5) is 35.1. The van der Waals surface area contributed by atoms with E-state index in [0.29, 0.717) is 39.4 Å². The molecule has 6 nitrogen and oxygen atoms in total. The molecule has 1 aliphatic heterocycles. The van der Waals surface area contributed by atoms with Gasteiger partial charge in [-0.25, -0.2) is 4.39 Å². The SMILES string of the molecule is Cc1ccc(CN(Cc2ccccc2)C(=O)CN(CCN2CCOCC2)C(=O)Cc2ccc(F)cc2)s1. The Morgan fingerprint density at radius 3 is 2.30 bits per heavy atom. The van der Waals surface area contributed by atoms with Gasteiger partial charge in [-0.2, -0.15) is 0 Å². The van der Waals surface area contributed by atoms with Gasteiger partial charge in [-0.15, -0.1) is 11.3 Å². The normalized spacial score (nSPS) is 13.9. The van der Waals surface area contributed by atoms with Crippen molar-refractivity contribution < 1.29 is 18.7 Å². The molecule has 1 aliphatic rings. The molecule has 0 bridgehead atoms. The van der Waals surface area contributed by atoms with Crippen LogP contribution in [0.2, 0.25) is 0 Å². The van der Waals surface area contributed by atoms with Gasteiger partial charge >= 0.3 is 0 Å². The highest BCUT2D eigenvalue weighted by atomic mass is 32.1. The van der Waals surface area contributed by atoms with Crippen molar-refractivity contribution in [1.82, 2.24) is 14.7 Å². The van der Waals surface area contributed by atoms with E-state index in [-0.39, 0.29) is 30.6 Å². The minimum atomic E-state index is -0.337. The third kappa shape index (κ3) is 8.49. The van der Waals surface area contributed by atoms with Gasteiger partial charge in [-0.3, -0.25) is 14.5 Å². The number of thiophene rings is 1. The van der Waals surface area contributed by atoms with Gasteiger partial charge in [0.2, 0.25) is 11.8 Å². The van der Waals surface area contributed by atoms with Gasteiger partial charge in [0, 0.05) is 42.5 Å². The summed E-state index contributed by atoms with van der Waals surface area (Å²) in [7, 11) is 0. The van der Waals surface area contributed by atoms with Crippen molar-refractivity contribution in [3.05, 3.63) is 93.4 Å². The van der Waals surface area contributed by atoms with Crippen LogP contribution >= 0.6 is 11.3 Å². The van der Waals surface area contributed by atoms with E-state index in [9.17, 15) is 14.0 Å². The monoisotopic (exact) mass is 523 g/mol. The lowest BCUT2D eigenvalue weighted by Gasteiger charge is -2.31. The zero-order valence-electron chi connectivity index (χ0n) is 21.3. The van der Waals surface area contributed by atoms with Crippen molar-refractivity contribution in [2.45, 2.75) is 26.4 Å². The van der Waals surface area contributed by atoms with E-state index in [2.05, 4.69) is 24.0 Å². The Labute approximate surface area is 222 Å². The first-order chi connectivity index (χ1) is 18.0. The molecule has 3 aromatic rings. The number of rotatable bonds is 11. The first-order valence-electron chi connectivity index (χ1n) is 12.7. The molecule has 8 heteroatoms. The lowest BCUT2D eigenvalue weighted by atomic mass is 10.1. The van der Waals surface area contributed by atoms with Gasteiger partial charge in [0.25, 0.3) is 0 Å². The molecular formula is C29H34FN3O3S. The molecule has 4 rings (SSSR count). The Balaban J connectivity index is 1.49. The maximum absolute atomic E-state index is 13.7. The molecule has 2 amide bonds. The molecule has 0 aliphatic carbocycles. The molecule has 2 aromatic carbocycles. The third-order valence-electron chi connectivity index (χ3n) is 6.45. The van der Waals surface area contributed by atoms with Crippen LogP contribution in [0.3, 0.4) is 0 Å². The number of ether oxygens (including phenoxy) is 1. The Bertz CT molecular complexity index is 1150. The molecule has 0 saturated carbocycles. The average molecular weight is 524 g/mol. The zero-order valence-corrected chi connectivity index (χ0v) is 22.1. The van der Waals surface area contributed by atoms with Gasteiger partial charge in [-0.05, 0) is 42.3 Å². The molecule has 0 N–H and O–H groups in total. The number of amides is 2. The molecule has 1 saturated heterocycles. The second-order valence-electron chi connectivity index (χ2n) is 9.32. The van der Waals surface area contributed by atoms with E-state index >= 15 is 0 Å². The summed E-state index contributed by atoms with van der Waals surface area (Å²) < 4.78 is 18.8. The minimum absolute atomic E-state index is 0.00155. The number of benzene rings is 2. The Morgan fingerprint density at radius 2 is 1.62 bits per heavy atom. The lowest BCUT2D eigenvalue weighted by molar-refractivity contribution is -0.141. The molecule has 0 atom stereocenters. The summed E-state index contributed by atoms with van der Waals surface area (Å²) in [5, 5.41) is 0. The fourth-order valence-electron chi connectivity index (χ4n) is 4.33. The van der Waals surface area contributed by atoms with Crippen LogP contribution in [0.5, 0.6) is 0 Å². The van der Waals surface area contributed by atoms with E-state index < -0.39 is 0 Å². The predicted octanol–water partition coefficient (Wildman–Crippen LogP) is 4.13. The van der Waals surface area contributed by atoms with Crippen molar-refractivity contribution in [3.8, 4) is 0 Å². The zero-order chi connectivity index (χ0) is 26.0. The molecule has 0 unspecified atom stereocenters. The summed E-state index contributed by atoms with van der Waals surface area (Å²) in [5.41, 5.74) is 1.77. The van der Waals surface area contributed by atoms with E-state index in [4.69, 9.17) is 4.74 Å². The number of morpholine rings is 1. The van der Waals surface area contributed by atoms with Crippen LogP contribution in [0, 0.1) is 12.7 Å². The smallest absolute Gasteiger partial charge is 0.242 e. The van der Waals surface area contributed by atoms with E-state index in [1.165, 1.54) is 17.0 Å². The molecule has 1 aromatic heterocycles. The third-order valence-corrected chi connectivity index (χ3v) is 7.43. The van der Waals surface area contributed by atoms with Gasteiger partial charge in [0.1, 0.15) is 5.82 Å². The Morgan fingerprint density at radius 1 is 0.892 bits per heavy atom. The second-order valence-corrected chi connectivity index (χ2v) is 10.7. The predicted molar refractivity (Wildman–Crippen MR) is 144 cm³/mol. The number of hydrogen-bond donors (Lipinski definition) is 0. The van der Waals surface area contributed by atoms with Gasteiger partial charge in [0.05, 0.1) is 32.7 Å². The van der Waals surface area contributed by atoms with Crippen LogP contribution in [-0.2, 0) is 33.8 Å². The van der Waals surface area contributed by atoms with E-state index in [0.717, 1.165) is 29.1 Å². The van der Waals surface area contributed by atoms with Crippen molar-refractivity contribution in [2.75, 3.05) is 45.9 Å². The fourth-order valence-corrected chi connectivity index (χ4v) is 5.23. The average Bonchev–Trinajstić information content (AvgIpc) is 3.33. The maximum Gasteiger partial charge on any atom is 0.242 e. The van der Waals surface area contributed by atoms with Crippen LogP contribution in [0.4, 0.5) is 4.39 Å². The number of nitrogens with zero attached hydrogens (tertiary/aromatic N) is 3. The highest BCUT2D eigenvalue weighted by Gasteiger charge is 2.23. The quantitative estimate of drug-likeness (QED) is 0.379. The summed E-state index contributed by atoms with van der Waals surface area (Å²) >= 11 is 1.68. The highest BCUT2D eigenvalue weighted by molar-refractivity contribution is 7.11. The van der Waals surface area contributed by atoms with E-state index in [1.807, 2.05) is 35.2 Å². The standard InChI is InChI=1S/C29H34FN3O3S/c1-23-7-12-27(37-23)21-33(20-25-5-3-2-4-6-25)29(35)22-32(14-13-31-15-17-36-18-16-31)28(34)19-24-8-10-26(30)11-9-24/h2-12H,13-22H2,1H3. The maximum atomic E-state index is 13.7. The fraction of sp³-hybridized carbons (Fsp3) is 0.379. The van der Waals surface area contributed by atoms with Gasteiger partial charge in [0.15, 0.2) is 0 Å². The molecule has 37 heavy (non-hydrogen) atoms. The number of halogens is 1. The number of hydrogen-bond acceptors (Lipinski definition) is 5. The Kier molecular flexibility index (Phi) is 9.82. The van der Waals surface area contributed by atoms with Crippen LogP contribution in [-0.4, -0.2) is 72.5 Å². The number of carbonyl (C=O) groups excluding carboxylic acids is 2. The molecule has 0 spiro atoms.